The lowest BCUT2D eigenvalue weighted by molar-refractivity contribution is 0.125. The molecule has 0 heterocycles. The molecule has 62 heavy (non-hydrogen) atoms. The van der Waals surface area contributed by atoms with Crippen molar-refractivity contribution in [2.24, 2.45) is 5.41 Å². The zero-order chi connectivity index (χ0) is 44.2. The third-order valence-electron chi connectivity index (χ3n) is 14.2. The number of allylic oxidation sites excluding steroid dienone is 5. The third-order valence-corrected chi connectivity index (χ3v) is 14.2. The fraction of sp³-hybridized carbons (Fsp3) is 0.213. The smallest absolute Gasteiger partial charge is 0.0462 e. The predicted octanol–water partition coefficient (Wildman–Crippen LogP) is 17.5. The van der Waals surface area contributed by atoms with Gasteiger partial charge in [-0.1, -0.05) is 205 Å². The van der Waals surface area contributed by atoms with E-state index in [4.69, 9.17) is 0 Å². The van der Waals surface area contributed by atoms with E-state index >= 15 is 0 Å². The molecule has 0 fully saturated rings. The summed E-state index contributed by atoms with van der Waals surface area (Å²) in [6.07, 6.45) is 8.06. The molecular weight excluding hydrogens is 747 g/mol. The summed E-state index contributed by atoms with van der Waals surface area (Å²) in [4.78, 5) is 2.31. The van der Waals surface area contributed by atoms with Gasteiger partial charge in [0.05, 0.1) is 0 Å². The molecule has 1 aliphatic rings. The summed E-state index contributed by atoms with van der Waals surface area (Å²) in [6, 6.07) is 59.1. The van der Waals surface area contributed by atoms with Crippen molar-refractivity contribution in [1.29, 1.82) is 0 Å². The highest BCUT2D eigenvalue weighted by atomic mass is 15.1. The Hall–Kier alpha value is -6.44. The van der Waals surface area contributed by atoms with Crippen molar-refractivity contribution >= 4 is 22.6 Å². The summed E-state index contributed by atoms with van der Waals surface area (Å²) in [5.74, 6) is 0. The van der Waals surface area contributed by atoms with Crippen LogP contribution in [0, 0.1) is 26.2 Å². The minimum atomic E-state index is 0.164. The first-order valence-corrected chi connectivity index (χ1v) is 22.1. The number of rotatable bonds is 9. The summed E-state index contributed by atoms with van der Waals surface area (Å²) >= 11 is 0. The van der Waals surface area contributed by atoms with E-state index in [0.29, 0.717) is 0 Å². The first kappa shape index (κ1) is 43.6. The quantitative estimate of drug-likeness (QED) is 0.131. The second-order valence-corrected chi connectivity index (χ2v) is 18.5. The maximum absolute atomic E-state index is 4.00. The highest BCUT2D eigenvalue weighted by Gasteiger charge is 2.56. The summed E-state index contributed by atoms with van der Waals surface area (Å²) in [6.45, 7) is 27.1. The van der Waals surface area contributed by atoms with Gasteiger partial charge in [0.1, 0.15) is 0 Å². The number of hydrogen-bond donors (Lipinski definition) is 0. The molecule has 312 valence electrons. The number of aryl methyl sites for hydroxylation is 3. The molecule has 7 aromatic carbocycles. The van der Waals surface area contributed by atoms with Gasteiger partial charge in [0, 0.05) is 17.1 Å². The third kappa shape index (κ3) is 8.42. The summed E-state index contributed by atoms with van der Waals surface area (Å²) in [7, 11) is 0. The van der Waals surface area contributed by atoms with Gasteiger partial charge in [-0.3, -0.25) is 0 Å². The molecule has 7 aromatic rings. The van der Waals surface area contributed by atoms with Crippen LogP contribution in [0.15, 0.2) is 195 Å². The Kier molecular flexibility index (Phi) is 12.6. The zero-order valence-corrected chi connectivity index (χ0v) is 38.6. The molecule has 8 rings (SSSR count). The van der Waals surface area contributed by atoms with E-state index in [2.05, 4.69) is 244 Å². The van der Waals surface area contributed by atoms with Crippen molar-refractivity contribution in [1.82, 2.24) is 0 Å². The standard InChI is InChI=1S/C38H33N.C23H30/c1-4-6-10-30(5-2)32-17-23-36(24-18-32)39(37-25-19-34(20-26-37)31-11-8-7-9-12-31)38-27-21-35(22-28-38)33-15-13-29(3)14-16-33;1-15-11-9-10-12-17(15)18-14-20-19(13-16(18)2)21(3,4)23(7,8)22(20,5)6/h4-28H,2H2,1,3H3;9-14H,1-8H3/b6-4-,30-10+;. The Balaban J connectivity index is 0.000000213. The minimum Gasteiger partial charge on any atom is -0.311 e. The zero-order valence-electron chi connectivity index (χ0n) is 38.6. The number of benzene rings is 7. The van der Waals surface area contributed by atoms with E-state index in [-0.39, 0.29) is 16.2 Å². The highest BCUT2D eigenvalue weighted by Crippen LogP contribution is 2.62. The fourth-order valence-electron chi connectivity index (χ4n) is 9.08. The Morgan fingerprint density at radius 2 is 0.935 bits per heavy atom. The van der Waals surface area contributed by atoms with Crippen LogP contribution in [0.25, 0.3) is 39.0 Å². The van der Waals surface area contributed by atoms with Gasteiger partial charge in [0.2, 0.25) is 0 Å². The van der Waals surface area contributed by atoms with Gasteiger partial charge in [0.25, 0.3) is 0 Å². The molecular formula is C61H63N. The summed E-state index contributed by atoms with van der Waals surface area (Å²) in [5.41, 5.74) is 20.8. The van der Waals surface area contributed by atoms with Crippen molar-refractivity contribution in [3.8, 4) is 33.4 Å². The molecule has 1 heteroatoms. The van der Waals surface area contributed by atoms with E-state index in [1.807, 2.05) is 25.2 Å². The minimum absolute atomic E-state index is 0.164. The van der Waals surface area contributed by atoms with Gasteiger partial charge in [-0.05, 0) is 147 Å². The molecule has 0 spiro atoms. The van der Waals surface area contributed by atoms with Crippen LogP contribution in [0.4, 0.5) is 17.1 Å². The average Bonchev–Trinajstić information content (AvgIpc) is 3.38. The largest absolute Gasteiger partial charge is 0.311 e. The molecule has 0 bridgehead atoms. The Morgan fingerprint density at radius 3 is 1.44 bits per heavy atom. The maximum atomic E-state index is 4.00. The first-order chi connectivity index (χ1) is 29.7. The van der Waals surface area contributed by atoms with Gasteiger partial charge in [-0.2, -0.15) is 0 Å². The second-order valence-electron chi connectivity index (χ2n) is 18.5. The molecule has 0 amide bonds. The van der Waals surface area contributed by atoms with Crippen molar-refractivity contribution in [2.75, 3.05) is 4.90 Å². The van der Waals surface area contributed by atoms with Crippen molar-refractivity contribution in [3.63, 3.8) is 0 Å². The Bertz CT molecular complexity index is 2700. The molecule has 0 radical (unpaired) electrons. The number of fused-ring (bicyclic) bond motifs is 1. The number of hydrogen-bond acceptors (Lipinski definition) is 1. The van der Waals surface area contributed by atoms with Crippen LogP contribution >= 0.6 is 0 Å². The summed E-state index contributed by atoms with van der Waals surface area (Å²) < 4.78 is 0. The average molecular weight is 810 g/mol. The molecule has 0 saturated carbocycles. The molecule has 0 unspecified atom stereocenters. The molecule has 1 nitrogen and oxygen atoms in total. The second kappa shape index (κ2) is 17.9. The van der Waals surface area contributed by atoms with E-state index in [9.17, 15) is 0 Å². The molecule has 0 N–H and O–H groups in total. The number of anilines is 3. The molecule has 1 aliphatic carbocycles. The first-order valence-electron chi connectivity index (χ1n) is 22.1. The van der Waals surface area contributed by atoms with Gasteiger partial charge < -0.3 is 4.90 Å². The molecule has 0 atom stereocenters. The van der Waals surface area contributed by atoms with Crippen molar-refractivity contribution in [3.05, 3.63) is 228 Å². The normalized spacial score (nSPS) is 14.8. The molecule has 0 aromatic heterocycles. The van der Waals surface area contributed by atoms with Gasteiger partial charge >= 0.3 is 0 Å². The SMILES string of the molecule is C=C/C(=C\C=C/C)c1ccc(N(c2ccc(-c3ccccc3)cc2)c2ccc(-c3ccc(C)cc3)cc2)cc1.Cc1ccccc1-c1cc2c(cc1C)C(C)(C)C(C)(C)C2(C)C. The van der Waals surface area contributed by atoms with E-state index in [0.717, 1.165) is 28.2 Å². The van der Waals surface area contributed by atoms with Crippen molar-refractivity contribution < 1.29 is 0 Å². The summed E-state index contributed by atoms with van der Waals surface area (Å²) in [5, 5.41) is 0. The fourth-order valence-corrected chi connectivity index (χ4v) is 9.08. The van der Waals surface area contributed by atoms with Crippen LogP contribution in [0.2, 0.25) is 0 Å². The van der Waals surface area contributed by atoms with Crippen LogP contribution in [0.1, 0.15) is 81.8 Å². The van der Waals surface area contributed by atoms with E-state index in [1.54, 1.807) is 0 Å². The maximum Gasteiger partial charge on any atom is 0.0462 e. The predicted molar refractivity (Wildman–Crippen MR) is 271 cm³/mol. The topological polar surface area (TPSA) is 3.24 Å². The van der Waals surface area contributed by atoms with Crippen molar-refractivity contribution in [2.45, 2.75) is 80.1 Å². The van der Waals surface area contributed by atoms with Gasteiger partial charge in [0.15, 0.2) is 0 Å². The van der Waals surface area contributed by atoms with E-state index < -0.39 is 0 Å². The van der Waals surface area contributed by atoms with Crippen LogP contribution in [0.3, 0.4) is 0 Å². The van der Waals surface area contributed by atoms with Crippen LogP contribution in [-0.2, 0) is 10.8 Å². The van der Waals surface area contributed by atoms with Crippen LogP contribution < -0.4 is 4.90 Å². The number of nitrogens with zero attached hydrogens (tertiary/aromatic N) is 1. The Labute approximate surface area is 372 Å². The van der Waals surface area contributed by atoms with Crippen LogP contribution in [0.5, 0.6) is 0 Å². The lowest BCUT2D eigenvalue weighted by Crippen LogP contribution is -2.42. The lowest BCUT2D eigenvalue weighted by atomic mass is 9.59. The molecule has 0 saturated heterocycles. The van der Waals surface area contributed by atoms with Gasteiger partial charge in [-0.15, -0.1) is 0 Å². The van der Waals surface area contributed by atoms with Crippen LogP contribution in [-0.4, -0.2) is 0 Å². The molecule has 0 aliphatic heterocycles. The lowest BCUT2D eigenvalue weighted by Gasteiger charge is -2.44. The Morgan fingerprint density at radius 1 is 0.484 bits per heavy atom. The monoisotopic (exact) mass is 809 g/mol. The van der Waals surface area contributed by atoms with Gasteiger partial charge in [-0.25, -0.2) is 0 Å². The van der Waals surface area contributed by atoms with E-state index in [1.165, 1.54) is 61.2 Å². The highest BCUT2D eigenvalue weighted by molar-refractivity contribution is 5.82.